The number of carbonyl (C=O) groups is 2. The molecule has 20 heavy (non-hydrogen) atoms. The highest BCUT2D eigenvalue weighted by Crippen LogP contribution is 2.55. The van der Waals surface area contributed by atoms with Crippen molar-refractivity contribution < 1.29 is 9.59 Å². The van der Waals surface area contributed by atoms with Crippen LogP contribution >= 0.6 is 0 Å². The van der Waals surface area contributed by atoms with E-state index in [9.17, 15) is 9.59 Å². The van der Waals surface area contributed by atoms with Crippen molar-refractivity contribution in [2.75, 3.05) is 0 Å². The van der Waals surface area contributed by atoms with Crippen molar-refractivity contribution >= 4 is 11.8 Å². The molecule has 2 amide bonds. The standard InChI is InChI=1S/C17H27NO2/c1-11-7-8-17(9-12(11)2)10-14(19)18-16(20)15(17)13-5-3-4-6-13/h11-13,15H,3-10H2,1-2H3,(H,18,19,20). The van der Waals surface area contributed by atoms with Crippen molar-refractivity contribution in [1.29, 1.82) is 0 Å². The molecule has 0 aromatic carbocycles. The molecule has 1 spiro atoms. The molecule has 1 heterocycles. The molecule has 0 aromatic heterocycles. The van der Waals surface area contributed by atoms with Crippen LogP contribution in [0.25, 0.3) is 0 Å². The molecule has 3 heteroatoms. The van der Waals surface area contributed by atoms with Gasteiger partial charge in [0, 0.05) is 12.3 Å². The number of amides is 2. The molecule has 2 saturated carbocycles. The lowest BCUT2D eigenvalue weighted by Crippen LogP contribution is -2.56. The van der Waals surface area contributed by atoms with E-state index in [0.717, 1.165) is 18.8 Å². The monoisotopic (exact) mass is 277 g/mol. The van der Waals surface area contributed by atoms with Crippen molar-refractivity contribution in [2.45, 2.75) is 65.2 Å². The van der Waals surface area contributed by atoms with E-state index in [1.54, 1.807) is 0 Å². The molecule has 3 aliphatic rings. The minimum atomic E-state index is -0.0361. The molecular weight excluding hydrogens is 250 g/mol. The van der Waals surface area contributed by atoms with Gasteiger partial charge < -0.3 is 0 Å². The third-order valence-electron chi connectivity index (χ3n) is 6.39. The first kappa shape index (κ1) is 14.1. The summed E-state index contributed by atoms with van der Waals surface area (Å²) in [7, 11) is 0. The van der Waals surface area contributed by atoms with Crippen LogP contribution in [-0.4, -0.2) is 11.8 Å². The Labute approximate surface area is 121 Å². The van der Waals surface area contributed by atoms with Gasteiger partial charge in [-0.2, -0.15) is 0 Å². The zero-order valence-electron chi connectivity index (χ0n) is 12.8. The van der Waals surface area contributed by atoms with E-state index in [2.05, 4.69) is 19.2 Å². The molecule has 3 nitrogen and oxygen atoms in total. The second-order valence-corrected chi connectivity index (χ2v) is 7.67. The summed E-state index contributed by atoms with van der Waals surface area (Å²) >= 11 is 0. The Hall–Kier alpha value is -0.860. The Morgan fingerprint density at radius 3 is 2.40 bits per heavy atom. The van der Waals surface area contributed by atoms with Gasteiger partial charge in [-0.15, -0.1) is 0 Å². The summed E-state index contributed by atoms with van der Waals surface area (Å²) in [5.41, 5.74) is -0.0274. The van der Waals surface area contributed by atoms with E-state index in [1.807, 2.05) is 0 Å². The van der Waals surface area contributed by atoms with Gasteiger partial charge in [0.25, 0.3) is 0 Å². The summed E-state index contributed by atoms with van der Waals surface area (Å²) < 4.78 is 0. The number of hydrogen-bond donors (Lipinski definition) is 1. The maximum atomic E-state index is 12.5. The summed E-state index contributed by atoms with van der Waals surface area (Å²) in [6.07, 6.45) is 8.75. The fourth-order valence-electron chi connectivity index (χ4n) is 5.16. The highest BCUT2D eigenvalue weighted by atomic mass is 16.2. The molecule has 0 radical (unpaired) electrons. The van der Waals surface area contributed by atoms with Crippen molar-refractivity contribution in [1.82, 2.24) is 5.32 Å². The largest absolute Gasteiger partial charge is 0.296 e. The van der Waals surface area contributed by atoms with E-state index in [0.29, 0.717) is 18.3 Å². The van der Waals surface area contributed by atoms with Crippen LogP contribution in [0.5, 0.6) is 0 Å². The SMILES string of the molecule is CC1CCC2(CC(=O)NC(=O)C2C2CCCC2)CC1C. The molecule has 112 valence electrons. The van der Waals surface area contributed by atoms with E-state index >= 15 is 0 Å². The summed E-state index contributed by atoms with van der Waals surface area (Å²) in [4.78, 5) is 24.5. The summed E-state index contributed by atoms with van der Waals surface area (Å²) in [5, 5.41) is 2.63. The molecule has 3 rings (SSSR count). The van der Waals surface area contributed by atoms with Gasteiger partial charge >= 0.3 is 0 Å². The van der Waals surface area contributed by atoms with Crippen LogP contribution in [0.3, 0.4) is 0 Å². The van der Waals surface area contributed by atoms with Gasteiger partial charge in [-0.05, 0) is 55.3 Å². The fraction of sp³-hybridized carbons (Fsp3) is 0.882. The highest BCUT2D eigenvalue weighted by molar-refractivity contribution is 5.99. The first-order valence-electron chi connectivity index (χ1n) is 8.35. The zero-order chi connectivity index (χ0) is 14.3. The fourth-order valence-corrected chi connectivity index (χ4v) is 5.16. The third-order valence-corrected chi connectivity index (χ3v) is 6.39. The van der Waals surface area contributed by atoms with Crippen molar-refractivity contribution in [3.63, 3.8) is 0 Å². The van der Waals surface area contributed by atoms with Crippen LogP contribution < -0.4 is 5.32 Å². The number of rotatable bonds is 1. The van der Waals surface area contributed by atoms with E-state index in [-0.39, 0.29) is 23.1 Å². The lowest BCUT2D eigenvalue weighted by atomic mass is 9.55. The minimum Gasteiger partial charge on any atom is -0.296 e. The number of piperidine rings is 1. The quantitative estimate of drug-likeness (QED) is 0.748. The van der Waals surface area contributed by atoms with E-state index in [4.69, 9.17) is 0 Å². The van der Waals surface area contributed by atoms with Crippen LogP contribution in [0.4, 0.5) is 0 Å². The molecule has 0 bridgehead atoms. The molecule has 4 atom stereocenters. The summed E-state index contributed by atoms with van der Waals surface area (Å²) in [5.74, 6) is 1.97. The predicted molar refractivity (Wildman–Crippen MR) is 77.8 cm³/mol. The highest BCUT2D eigenvalue weighted by Gasteiger charge is 2.53. The van der Waals surface area contributed by atoms with Crippen LogP contribution in [0.15, 0.2) is 0 Å². The Morgan fingerprint density at radius 1 is 1.05 bits per heavy atom. The van der Waals surface area contributed by atoms with Crippen LogP contribution in [0.2, 0.25) is 0 Å². The van der Waals surface area contributed by atoms with Gasteiger partial charge in [-0.3, -0.25) is 14.9 Å². The predicted octanol–water partition coefficient (Wildman–Crippen LogP) is 3.28. The van der Waals surface area contributed by atoms with Crippen molar-refractivity contribution in [3.8, 4) is 0 Å². The number of hydrogen-bond acceptors (Lipinski definition) is 2. The van der Waals surface area contributed by atoms with Crippen molar-refractivity contribution in [2.24, 2.45) is 29.1 Å². The number of imide groups is 1. The summed E-state index contributed by atoms with van der Waals surface area (Å²) in [6, 6.07) is 0. The molecule has 2 aliphatic carbocycles. The minimum absolute atomic E-state index is 0.0274. The first-order chi connectivity index (χ1) is 9.52. The Balaban J connectivity index is 1.90. The average molecular weight is 277 g/mol. The van der Waals surface area contributed by atoms with E-state index in [1.165, 1.54) is 32.1 Å². The Morgan fingerprint density at radius 2 is 1.75 bits per heavy atom. The second kappa shape index (κ2) is 5.16. The molecule has 3 fully saturated rings. The maximum Gasteiger partial charge on any atom is 0.230 e. The molecule has 1 saturated heterocycles. The number of carbonyl (C=O) groups excluding carboxylic acids is 2. The van der Waals surface area contributed by atoms with Gasteiger partial charge in [0.05, 0.1) is 0 Å². The molecule has 1 N–H and O–H groups in total. The van der Waals surface area contributed by atoms with Crippen molar-refractivity contribution in [3.05, 3.63) is 0 Å². The smallest absolute Gasteiger partial charge is 0.230 e. The average Bonchev–Trinajstić information content (AvgIpc) is 2.87. The summed E-state index contributed by atoms with van der Waals surface area (Å²) in [6.45, 7) is 4.61. The van der Waals surface area contributed by atoms with Gasteiger partial charge in [-0.25, -0.2) is 0 Å². The molecule has 1 aliphatic heterocycles. The first-order valence-corrected chi connectivity index (χ1v) is 8.35. The van der Waals surface area contributed by atoms with Crippen LogP contribution in [0, 0.1) is 29.1 Å². The van der Waals surface area contributed by atoms with E-state index < -0.39 is 0 Å². The van der Waals surface area contributed by atoms with Crippen LogP contribution in [-0.2, 0) is 9.59 Å². The topological polar surface area (TPSA) is 46.2 Å². The van der Waals surface area contributed by atoms with Gasteiger partial charge in [0.15, 0.2) is 0 Å². The Kier molecular flexibility index (Phi) is 3.64. The van der Waals surface area contributed by atoms with Gasteiger partial charge in [0.2, 0.25) is 11.8 Å². The number of nitrogens with one attached hydrogen (secondary N) is 1. The second-order valence-electron chi connectivity index (χ2n) is 7.67. The zero-order valence-corrected chi connectivity index (χ0v) is 12.8. The normalized spacial score (nSPS) is 43.0. The third kappa shape index (κ3) is 2.29. The van der Waals surface area contributed by atoms with Gasteiger partial charge in [0.1, 0.15) is 0 Å². The molecular formula is C17H27NO2. The molecule has 4 unspecified atom stereocenters. The Bertz CT molecular complexity index is 413. The molecule has 0 aromatic rings. The lowest BCUT2D eigenvalue weighted by Gasteiger charge is -2.50. The lowest BCUT2D eigenvalue weighted by molar-refractivity contribution is -0.150. The van der Waals surface area contributed by atoms with Gasteiger partial charge in [-0.1, -0.05) is 26.7 Å². The van der Waals surface area contributed by atoms with Crippen LogP contribution in [0.1, 0.15) is 65.2 Å². The maximum absolute atomic E-state index is 12.5.